The van der Waals surface area contributed by atoms with Gasteiger partial charge in [0.1, 0.15) is 0 Å². The molecule has 2 rings (SSSR count). The maximum atomic E-state index is 12.2. The average Bonchev–Trinajstić information content (AvgIpc) is 2.85. The number of methoxy groups -OCH3 is 1. The summed E-state index contributed by atoms with van der Waals surface area (Å²) < 4.78 is 7.25. The van der Waals surface area contributed by atoms with Gasteiger partial charge in [0.05, 0.1) is 17.8 Å². The standard InChI is InChI=1S/C16H23N3O2/c1-4-18(5-2)16(20)17-14-12-19(10-11-21-3)15-9-7-6-8-13(14)15/h6-9,12H,4-5,10-11H2,1-3H3,(H,17,20). The van der Waals surface area contributed by atoms with Crippen LogP contribution in [0, 0.1) is 0 Å². The van der Waals surface area contributed by atoms with E-state index in [4.69, 9.17) is 4.74 Å². The van der Waals surface area contributed by atoms with Crippen LogP contribution in [0.25, 0.3) is 10.9 Å². The second-order valence-electron chi connectivity index (χ2n) is 4.85. The molecule has 2 aromatic rings. The van der Waals surface area contributed by atoms with E-state index in [-0.39, 0.29) is 6.03 Å². The van der Waals surface area contributed by atoms with Gasteiger partial charge in [0, 0.05) is 38.3 Å². The third-order valence-corrected chi connectivity index (χ3v) is 3.62. The van der Waals surface area contributed by atoms with E-state index >= 15 is 0 Å². The first-order valence-electron chi connectivity index (χ1n) is 7.34. The van der Waals surface area contributed by atoms with Crippen molar-refractivity contribution in [2.75, 3.05) is 32.1 Å². The lowest BCUT2D eigenvalue weighted by Gasteiger charge is -2.18. The molecule has 0 unspecified atom stereocenters. The highest BCUT2D eigenvalue weighted by molar-refractivity contribution is 6.01. The van der Waals surface area contributed by atoms with Crippen LogP contribution in [0.2, 0.25) is 0 Å². The lowest BCUT2D eigenvalue weighted by molar-refractivity contribution is 0.188. The number of benzene rings is 1. The Kier molecular flexibility index (Phi) is 5.22. The first kappa shape index (κ1) is 15.4. The van der Waals surface area contributed by atoms with Gasteiger partial charge >= 0.3 is 6.03 Å². The van der Waals surface area contributed by atoms with E-state index in [2.05, 4.69) is 16.0 Å². The van der Waals surface area contributed by atoms with Crippen molar-refractivity contribution in [3.05, 3.63) is 30.5 Å². The largest absolute Gasteiger partial charge is 0.383 e. The first-order valence-corrected chi connectivity index (χ1v) is 7.34. The Morgan fingerprint density at radius 2 is 2.00 bits per heavy atom. The zero-order valence-corrected chi connectivity index (χ0v) is 12.9. The zero-order valence-electron chi connectivity index (χ0n) is 12.9. The van der Waals surface area contributed by atoms with E-state index in [0.717, 1.165) is 23.1 Å². The summed E-state index contributed by atoms with van der Waals surface area (Å²) in [5.41, 5.74) is 1.95. The van der Waals surface area contributed by atoms with E-state index in [9.17, 15) is 4.79 Å². The summed E-state index contributed by atoms with van der Waals surface area (Å²) in [6.07, 6.45) is 1.98. The zero-order chi connectivity index (χ0) is 15.2. The van der Waals surface area contributed by atoms with E-state index in [1.54, 1.807) is 12.0 Å². The van der Waals surface area contributed by atoms with E-state index in [1.807, 2.05) is 38.2 Å². The number of carbonyl (C=O) groups excluding carboxylic acids is 1. The Labute approximate surface area is 125 Å². The molecule has 1 aromatic carbocycles. The fourth-order valence-corrected chi connectivity index (χ4v) is 2.43. The first-order chi connectivity index (χ1) is 10.2. The van der Waals surface area contributed by atoms with Crippen LogP contribution in [0.1, 0.15) is 13.8 Å². The van der Waals surface area contributed by atoms with Crippen molar-refractivity contribution in [2.24, 2.45) is 0 Å². The molecule has 0 bridgehead atoms. The lowest BCUT2D eigenvalue weighted by atomic mass is 10.2. The maximum absolute atomic E-state index is 12.2. The predicted molar refractivity (Wildman–Crippen MR) is 85.8 cm³/mol. The molecule has 0 atom stereocenters. The summed E-state index contributed by atoms with van der Waals surface area (Å²) in [6, 6.07) is 8.00. The van der Waals surface area contributed by atoms with Crippen LogP contribution in [-0.4, -0.2) is 42.3 Å². The molecule has 1 aromatic heterocycles. The molecular weight excluding hydrogens is 266 g/mol. The molecule has 5 nitrogen and oxygen atoms in total. The van der Waals surface area contributed by atoms with Gasteiger partial charge in [-0.3, -0.25) is 0 Å². The van der Waals surface area contributed by atoms with Gasteiger partial charge in [-0.15, -0.1) is 0 Å². The minimum atomic E-state index is -0.0605. The normalized spacial score (nSPS) is 10.8. The molecule has 0 spiro atoms. The molecule has 0 saturated heterocycles. The van der Waals surface area contributed by atoms with Gasteiger partial charge < -0.3 is 19.5 Å². The van der Waals surface area contributed by atoms with Gasteiger partial charge in [0.25, 0.3) is 0 Å². The second kappa shape index (κ2) is 7.13. The molecule has 21 heavy (non-hydrogen) atoms. The second-order valence-corrected chi connectivity index (χ2v) is 4.85. The van der Waals surface area contributed by atoms with Gasteiger partial charge in [-0.05, 0) is 19.9 Å². The topological polar surface area (TPSA) is 46.5 Å². The Balaban J connectivity index is 2.29. The van der Waals surface area contributed by atoms with Crippen molar-refractivity contribution >= 4 is 22.6 Å². The highest BCUT2D eigenvalue weighted by Crippen LogP contribution is 2.26. The Bertz CT molecular complexity index is 603. The molecule has 0 aliphatic rings. The number of ether oxygens (including phenoxy) is 1. The fourth-order valence-electron chi connectivity index (χ4n) is 2.43. The molecule has 114 valence electrons. The molecule has 0 aliphatic carbocycles. The van der Waals surface area contributed by atoms with Crippen LogP contribution in [-0.2, 0) is 11.3 Å². The minimum Gasteiger partial charge on any atom is -0.383 e. The number of para-hydroxylation sites is 1. The molecule has 1 N–H and O–H groups in total. The Morgan fingerprint density at radius 1 is 1.29 bits per heavy atom. The number of amides is 2. The number of rotatable bonds is 6. The highest BCUT2D eigenvalue weighted by Gasteiger charge is 2.13. The minimum absolute atomic E-state index is 0.0605. The summed E-state index contributed by atoms with van der Waals surface area (Å²) in [4.78, 5) is 14.0. The number of carbonyl (C=O) groups is 1. The molecule has 0 fully saturated rings. The molecule has 5 heteroatoms. The van der Waals surface area contributed by atoms with Crippen molar-refractivity contribution in [1.29, 1.82) is 0 Å². The monoisotopic (exact) mass is 289 g/mol. The summed E-state index contributed by atoms with van der Waals surface area (Å²) in [7, 11) is 1.69. The molecule has 2 amide bonds. The van der Waals surface area contributed by atoms with Crippen molar-refractivity contribution in [1.82, 2.24) is 9.47 Å². The maximum Gasteiger partial charge on any atom is 0.321 e. The SMILES string of the molecule is CCN(CC)C(=O)Nc1cn(CCOC)c2ccccc12. The summed E-state index contributed by atoms with van der Waals surface area (Å²) >= 11 is 0. The van der Waals surface area contributed by atoms with Crippen molar-refractivity contribution < 1.29 is 9.53 Å². The number of hydrogen-bond donors (Lipinski definition) is 1. The van der Waals surface area contributed by atoms with Gasteiger partial charge in [-0.25, -0.2) is 4.79 Å². The molecular formula is C16H23N3O2. The smallest absolute Gasteiger partial charge is 0.321 e. The van der Waals surface area contributed by atoms with Gasteiger partial charge in [-0.1, -0.05) is 18.2 Å². The summed E-state index contributed by atoms with van der Waals surface area (Å²) in [5, 5.41) is 4.06. The van der Waals surface area contributed by atoms with Crippen LogP contribution < -0.4 is 5.32 Å². The Morgan fingerprint density at radius 3 is 2.67 bits per heavy atom. The average molecular weight is 289 g/mol. The number of nitrogens with zero attached hydrogens (tertiary/aromatic N) is 2. The Hall–Kier alpha value is -2.01. The van der Waals surface area contributed by atoms with Crippen LogP contribution in [0.15, 0.2) is 30.5 Å². The van der Waals surface area contributed by atoms with E-state index < -0.39 is 0 Å². The van der Waals surface area contributed by atoms with Gasteiger partial charge in [0.2, 0.25) is 0 Å². The quantitative estimate of drug-likeness (QED) is 0.888. The number of aromatic nitrogens is 1. The number of hydrogen-bond acceptors (Lipinski definition) is 2. The molecule has 0 radical (unpaired) electrons. The van der Waals surface area contributed by atoms with E-state index in [1.165, 1.54) is 0 Å². The van der Waals surface area contributed by atoms with Crippen LogP contribution in [0.3, 0.4) is 0 Å². The van der Waals surface area contributed by atoms with Gasteiger partial charge in [-0.2, -0.15) is 0 Å². The highest BCUT2D eigenvalue weighted by atomic mass is 16.5. The fraction of sp³-hybridized carbons (Fsp3) is 0.438. The van der Waals surface area contributed by atoms with Crippen LogP contribution in [0.5, 0.6) is 0 Å². The number of anilines is 1. The van der Waals surface area contributed by atoms with E-state index in [0.29, 0.717) is 19.7 Å². The molecule has 0 aliphatic heterocycles. The number of urea groups is 1. The van der Waals surface area contributed by atoms with Gasteiger partial charge in [0.15, 0.2) is 0 Å². The van der Waals surface area contributed by atoms with Crippen LogP contribution in [0.4, 0.5) is 10.5 Å². The van der Waals surface area contributed by atoms with Crippen molar-refractivity contribution in [2.45, 2.75) is 20.4 Å². The number of nitrogens with one attached hydrogen (secondary N) is 1. The third-order valence-electron chi connectivity index (χ3n) is 3.62. The van der Waals surface area contributed by atoms with Crippen molar-refractivity contribution in [3.63, 3.8) is 0 Å². The number of fused-ring (bicyclic) bond motifs is 1. The summed E-state index contributed by atoms with van der Waals surface area (Å²) in [5.74, 6) is 0. The third kappa shape index (κ3) is 3.36. The van der Waals surface area contributed by atoms with Crippen LogP contribution >= 0.6 is 0 Å². The lowest BCUT2D eigenvalue weighted by Crippen LogP contribution is -2.34. The predicted octanol–water partition coefficient (Wildman–Crippen LogP) is 3.16. The van der Waals surface area contributed by atoms with Crippen molar-refractivity contribution in [3.8, 4) is 0 Å². The molecule has 0 saturated carbocycles. The molecule has 1 heterocycles. The summed E-state index contributed by atoms with van der Waals surface area (Å²) in [6.45, 7) is 6.76.